The number of benzene rings is 2. The normalized spacial score (nSPS) is 11.7. The maximum absolute atomic E-state index is 13.2. The van der Waals surface area contributed by atoms with E-state index < -0.39 is 35.4 Å². The van der Waals surface area contributed by atoms with Gasteiger partial charge in [-0.15, -0.1) is 0 Å². The van der Waals surface area contributed by atoms with Crippen molar-refractivity contribution in [2.75, 3.05) is 7.11 Å². The number of hydrogen-bond donors (Lipinski definition) is 1. The lowest BCUT2D eigenvalue weighted by atomic mass is 10.1. The number of ether oxygens (including phenoxy) is 1. The number of esters is 1. The molecule has 0 radical (unpaired) electrons. The smallest absolute Gasteiger partial charge is 0.328 e. The molecule has 0 aliphatic rings. The van der Waals surface area contributed by atoms with E-state index in [4.69, 9.17) is 0 Å². The van der Waals surface area contributed by atoms with Gasteiger partial charge in [-0.25, -0.2) is 18.0 Å². The number of carbonyl (C=O) groups excluding carboxylic acids is 2. The third-order valence-electron chi connectivity index (χ3n) is 3.52. The topological polar surface area (TPSA) is 55.4 Å². The summed E-state index contributed by atoms with van der Waals surface area (Å²) in [5.41, 5.74) is 0.895. The Kier molecular flexibility index (Phi) is 6.16. The third-order valence-corrected chi connectivity index (χ3v) is 3.52. The quantitative estimate of drug-likeness (QED) is 0.814. The van der Waals surface area contributed by atoms with Gasteiger partial charge in [-0.05, 0) is 35.4 Å². The average molecular weight is 351 g/mol. The van der Waals surface area contributed by atoms with Crippen molar-refractivity contribution in [3.8, 4) is 0 Å². The van der Waals surface area contributed by atoms with E-state index in [1.807, 2.05) is 0 Å². The first-order chi connectivity index (χ1) is 11.9. The molecule has 0 saturated heterocycles. The Morgan fingerprint density at radius 2 is 1.64 bits per heavy atom. The first kappa shape index (κ1) is 18.5. The van der Waals surface area contributed by atoms with Crippen LogP contribution in [-0.4, -0.2) is 25.0 Å². The number of nitrogens with one attached hydrogen (secondary N) is 1. The molecule has 0 saturated carbocycles. The molecule has 2 aromatic carbocycles. The van der Waals surface area contributed by atoms with Crippen LogP contribution in [0.25, 0.3) is 0 Å². The van der Waals surface area contributed by atoms with E-state index in [0.29, 0.717) is 5.56 Å². The summed E-state index contributed by atoms with van der Waals surface area (Å²) in [6.07, 6.45) is -0.120. The monoisotopic (exact) mass is 351 g/mol. The van der Waals surface area contributed by atoms with E-state index >= 15 is 0 Å². The highest BCUT2D eigenvalue weighted by atomic mass is 19.2. The Balaban J connectivity index is 2.05. The average Bonchev–Trinajstić information content (AvgIpc) is 2.58. The summed E-state index contributed by atoms with van der Waals surface area (Å²) in [5.74, 6) is -3.69. The van der Waals surface area contributed by atoms with Gasteiger partial charge in [0.1, 0.15) is 11.9 Å². The van der Waals surface area contributed by atoms with Crippen molar-refractivity contribution in [3.05, 3.63) is 71.0 Å². The minimum Gasteiger partial charge on any atom is -0.467 e. The van der Waals surface area contributed by atoms with Gasteiger partial charge in [-0.3, -0.25) is 4.79 Å². The second-order valence-corrected chi connectivity index (χ2v) is 5.40. The maximum Gasteiger partial charge on any atom is 0.328 e. The van der Waals surface area contributed by atoms with Crippen LogP contribution in [0.4, 0.5) is 13.2 Å². The fourth-order valence-electron chi connectivity index (χ4n) is 2.27. The number of methoxy groups -OCH3 is 1. The molecule has 25 heavy (non-hydrogen) atoms. The van der Waals surface area contributed by atoms with Gasteiger partial charge >= 0.3 is 5.97 Å². The van der Waals surface area contributed by atoms with Gasteiger partial charge in [0, 0.05) is 6.42 Å². The van der Waals surface area contributed by atoms with Crippen LogP contribution in [0.3, 0.4) is 0 Å². The highest BCUT2D eigenvalue weighted by molar-refractivity contribution is 5.85. The summed E-state index contributed by atoms with van der Waals surface area (Å²) in [4.78, 5) is 23.9. The Bertz CT molecular complexity index is 763. The Morgan fingerprint density at radius 1 is 1.00 bits per heavy atom. The van der Waals surface area contributed by atoms with Crippen LogP contribution in [-0.2, 0) is 27.2 Å². The van der Waals surface area contributed by atoms with Crippen LogP contribution >= 0.6 is 0 Å². The van der Waals surface area contributed by atoms with E-state index in [9.17, 15) is 22.8 Å². The van der Waals surface area contributed by atoms with Gasteiger partial charge in [0.15, 0.2) is 11.6 Å². The van der Waals surface area contributed by atoms with Crippen LogP contribution in [0.5, 0.6) is 0 Å². The fourth-order valence-corrected chi connectivity index (χ4v) is 2.27. The summed E-state index contributed by atoms with van der Waals surface area (Å²) in [5, 5.41) is 2.49. The highest BCUT2D eigenvalue weighted by Crippen LogP contribution is 2.10. The van der Waals surface area contributed by atoms with Crippen molar-refractivity contribution in [2.45, 2.75) is 18.9 Å². The predicted molar refractivity (Wildman–Crippen MR) is 84.1 cm³/mol. The van der Waals surface area contributed by atoms with Crippen molar-refractivity contribution in [1.82, 2.24) is 5.32 Å². The molecule has 132 valence electrons. The largest absolute Gasteiger partial charge is 0.467 e. The zero-order valence-corrected chi connectivity index (χ0v) is 13.4. The Hall–Kier alpha value is -2.83. The molecule has 0 aliphatic heterocycles. The van der Waals surface area contributed by atoms with Crippen LogP contribution in [0.15, 0.2) is 42.5 Å². The van der Waals surface area contributed by atoms with Gasteiger partial charge in [0.25, 0.3) is 0 Å². The molecule has 7 heteroatoms. The Labute approximate surface area is 142 Å². The fraction of sp³-hybridized carbons (Fsp3) is 0.222. The predicted octanol–water partition coefficient (Wildman–Crippen LogP) is 2.55. The summed E-state index contributed by atoms with van der Waals surface area (Å²) < 4.78 is 43.7. The van der Waals surface area contributed by atoms with Gasteiger partial charge in [0.05, 0.1) is 13.5 Å². The number of amides is 1. The van der Waals surface area contributed by atoms with Crippen LogP contribution < -0.4 is 5.32 Å². The van der Waals surface area contributed by atoms with E-state index in [0.717, 1.165) is 12.1 Å². The van der Waals surface area contributed by atoms with Crippen LogP contribution in [0, 0.1) is 17.5 Å². The van der Waals surface area contributed by atoms with Crippen molar-refractivity contribution in [3.63, 3.8) is 0 Å². The Morgan fingerprint density at radius 3 is 2.24 bits per heavy atom. The number of rotatable bonds is 6. The van der Waals surface area contributed by atoms with E-state index in [-0.39, 0.29) is 18.4 Å². The second kappa shape index (κ2) is 8.32. The van der Waals surface area contributed by atoms with E-state index in [1.54, 1.807) is 0 Å². The molecule has 0 fully saturated rings. The molecule has 0 aromatic heterocycles. The molecule has 0 bridgehead atoms. The minimum absolute atomic E-state index is 0.108. The molecule has 4 nitrogen and oxygen atoms in total. The molecule has 2 rings (SSSR count). The molecule has 1 N–H and O–H groups in total. The molecular formula is C18H16F3NO3. The van der Waals surface area contributed by atoms with Crippen molar-refractivity contribution in [2.24, 2.45) is 0 Å². The van der Waals surface area contributed by atoms with Gasteiger partial charge in [0.2, 0.25) is 5.91 Å². The second-order valence-electron chi connectivity index (χ2n) is 5.40. The molecule has 0 aliphatic carbocycles. The van der Waals surface area contributed by atoms with Crippen molar-refractivity contribution in [1.29, 1.82) is 0 Å². The molecule has 1 atom stereocenters. The molecule has 0 spiro atoms. The lowest BCUT2D eigenvalue weighted by Crippen LogP contribution is -2.43. The van der Waals surface area contributed by atoms with Gasteiger partial charge < -0.3 is 10.1 Å². The van der Waals surface area contributed by atoms with Crippen molar-refractivity contribution < 1.29 is 27.5 Å². The zero-order chi connectivity index (χ0) is 18.4. The number of hydrogen-bond acceptors (Lipinski definition) is 3. The lowest BCUT2D eigenvalue weighted by Gasteiger charge is -2.16. The lowest BCUT2D eigenvalue weighted by molar-refractivity contribution is -0.145. The first-order valence-corrected chi connectivity index (χ1v) is 7.44. The van der Waals surface area contributed by atoms with Gasteiger partial charge in [-0.2, -0.15) is 0 Å². The molecule has 0 heterocycles. The van der Waals surface area contributed by atoms with Gasteiger partial charge in [-0.1, -0.05) is 18.2 Å². The number of halogens is 3. The first-order valence-electron chi connectivity index (χ1n) is 7.44. The number of carbonyl (C=O) groups is 2. The third kappa shape index (κ3) is 5.34. The summed E-state index contributed by atoms with van der Waals surface area (Å²) in [6.45, 7) is 0. The summed E-state index contributed by atoms with van der Waals surface area (Å²) in [6, 6.07) is 7.62. The van der Waals surface area contributed by atoms with Crippen LogP contribution in [0.2, 0.25) is 0 Å². The van der Waals surface area contributed by atoms with Crippen LogP contribution in [0.1, 0.15) is 11.1 Å². The molecule has 1 amide bonds. The molecule has 2 aromatic rings. The maximum atomic E-state index is 13.2. The summed E-state index contributed by atoms with van der Waals surface area (Å²) >= 11 is 0. The highest BCUT2D eigenvalue weighted by Gasteiger charge is 2.22. The molecule has 0 unspecified atom stereocenters. The summed E-state index contributed by atoms with van der Waals surface area (Å²) in [7, 11) is 1.18. The minimum atomic E-state index is -1.05. The molecular weight excluding hydrogens is 335 g/mol. The van der Waals surface area contributed by atoms with E-state index in [2.05, 4.69) is 10.1 Å². The zero-order valence-electron chi connectivity index (χ0n) is 13.4. The van der Waals surface area contributed by atoms with Crippen molar-refractivity contribution >= 4 is 11.9 Å². The standard InChI is InChI=1S/C18H16F3NO3/c1-25-18(24)16(9-11-2-5-13(19)6-3-11)22-17(23)10-12-4-7-14(20)15(21)8-12/h2-8,16H,9-10H2,1H3,(H,22,23)/t16-/m0/s1. The SMILES string of the molecule is COC(=O)[C@H](Cc1ccc(F)cc1)NC(=O)Cc1ccc(F)c(F)c1. The van der Waals surface area contributed by atoms with E-state index in [1.165, 1.54) is 37.4 Å².